The molecule has 20 heavy (non-hydrogen) atoms. The van der Waals surface area contributed by atoms with Crippen LogP contribution in [0.25, 0.3) is 0 Å². The van der Waals surface area contributed by atoms with E-state index < -0.39 is 23.7 Å². The number of halogens is 3. The number of carbonyl (C=O) groups excluding carboxylic acids is 2. The molecule has 0 saturated heterocycles. The molecule has 1 aromatic rings. The molecule has 2 amide bonds. The maximum atomic E-state index is 12.6. The first-order chi connectivity index (χ1) is 9.16. The van der Waals surface area contributed by atoms with E-state index in [9.17, 15) is 22.8 Å². The molecule has 0 fully saturated rings. The minimum atomic E-state index is -4.65. The molecule has 0 aliphatic carbocycles. The van der Waals surface area contributed by atoms with Crippen molar-refractivity contribution in [1.29, 1.82) is 0 Å². The van der Waals surface area contributed by atoms with E-state index in [0.717, 1.165) is 11.0 Å². The number of rotatable bonds is 4. The number of pyridine rings is 1. The summed E-state index contributed by atoms with van der Waals surface area (Å²) in [6, 6.07) is 1.60. The zero-order valence-electron chi connectivity index (χ0n) is 10.8. The minimum absolute atomic E-state index is 0.190. The average molecular weight is 290 g/mol. The Morgan fingerprint density at radius 1 is 1.40 bits per heavy atom. The Morgan fingerprint density at radius 3 is 2.45 bits per heavy atom. The Labute approximate surface area is 112 Å². The zero-order valence-corrected chi connectivity index (χ0v) is 10.8. The van der Waals surface area contributed by atoms with Gasteiger partial charge in [0, 0.05) is 14.1 Å². The predicted octanol–water partition coefficient (Wildman–Crippen LogP) is 0.382. The summed E-state index contributed by atoms with van der Waals surface area (Å²) in [5.41, 5.74) is 3.73. The van der Waals surface area contributed by atoms with Crippen LogP contribution in [0, 0.1) is 0 Å². The second-order valence-corrected chi connectivity index (χ2v) is 3.96. The Hall–Kier alpha value is -2.32. The summed E-state index contributed by atoms with van der Waals surface area (Å²) in [5.74, 6) is -1.66. The molecule has 0 radical (unpaired) electrons. The number of primary amides is 1. The average Bonchev–Trinajstić information content (AvgIpc) is 2.36. The fourth-order valence-electron chi connectivity index (χ4n) is 1.46. The molecule has 0 spiro atoms. The molecule has 9 heteroatoms. The van der Waals surface area contributed by atoms with Crippen molar-refractivity contribution in [1.82, 2.24) is 10.3 Å². The summed E-state index contributed by atoms with van der Waals surface area (Å²) in [6.45, 7) is -0.259. The highest BCUT2D eigenvalue weighted by atomic mass is 19.4. The highest BCUT2D eigenvalue weighted by Gasteiger charge is 2.34. The first-order valence-corrected chi connectivity index (χ1v) is 5.46. The van der Waals surface area contributed by atoms with Crippen LogP contribution in [0.1, 0.15) is 16.1 Å². The lowest BCUT2D eigenvalue weighted by Gasteiger charge is -2.20. The number of anilines is 1. The van der Waals surface area contributed by atoms with Gasteiger partial charge in [0.05, 0.1) is 12.1 Å². The van der Waals surface area contributed by atoms with Gasteiger partial charge in [0.15, 0.2) is 0 Å². The maximum Gasteiger partial charge on any atom is 0.433 e. The summed E-state index contributed by atoms with van der Waals surface area (Å²) in [6.07, 6.45) is -4.65. The molecular weight excluding hydrogens is 277 g/mol. The van der Waals surface area contributed by atoms with Crippen molar-refractivity contribution in [2.24, 2.45) is 5.73 Å². The SMILES string of the molecule is CNC(=O)CN(C)c1nc(C(F)(F)F)ccc1C(N)=O. The molecular formula is C11H13F3N4O2. The predicted molar refractivity (Wildman–Crippen MR) is 65.1 cm³/mol. The van der Waals surface area contributed by atoms with E-state index in [1.54, 1.807) is 0 Å². The molecule has 0 aliphatic heterocycles. The van der Waals surface area contributed by atoms with Gasteiger partial charge >= 0.3 is 6.18 Å². The van der Waals surface area contributed by atoms with Crippen molar-refractivity contribution < 1.29 is 22.8 Å². The normalized spacial score (nSPS) is 11.1. The second-order valence-electron chi connectivity index (χ2n) is 3.96. The van der Waals surface area contributed by atoms with Crippen LogP contribution < -0.4 is 16.0 Å². The number of carbonyl (C=O) groups is 2. The third kappa shape index (κ3) is 3.59. The first kappa shape index (κ1) is 15.7. The second kappa shape index (κ2) is 5.76. The lowest BCUT2D eigenvalue weighted by Crippen LogP contribution is -2.35. The zero-order chi connectivity index (χ0) is 15.5. The summed E-state index contributed by atoms with van der Waals surface area (Å²) in [7, 11) is 2.72. The molecule has 0 aromatic carbocycles. The van der Waals surface area contributed by atoms with Gasteiger partial charge in [-0.3, -0.25) is 9.59 Å². The summed E-state index contributed by atoms with van der Waals surface area (Å²) in [5, 5.41) is 2.31. The summed E-state index contributed by atoms with van der Waals surface area (Å²) in [4.78, 5) is 26.9. The van der Waals surface area contributed by atoms with E-state index >= 15 is 0 Å². The van der Waals surface area contributed by atoms with Gasteiger partial charge in [0.1, 0.15) is 11.5 Å². The van der Waals surface area contributed by atoms with Crippen LogP contribution in [0.5, 0.6) is 0 Å². The molecule has 0 atom stereocenters. The Bertz CT molecular complexity index is 531. The van der Waals surface area contributed by atoms with Crippen LogP contribution in [0.15, 0.2) is 12.1 Å². The van der Waals surface area contributed by atoms with Crippen LogP contribution in [-0.2, 0) is 11.0 Å². The van der Waals surface area contributed by atoms with Gasteiger partial charge in [-0.2, -0.15) is 13.2 Å². The van der Waals surface area contributed by atoms with Crippen LogP contribution >= 0.6 is 0 Å². The molecule has 6 nitrogen and oxygen atoms in total. The highest BCUT2D eigenvalue weighted by molar-refractivity contribution is 5.98. The molecule has 1 heterocycles. The van der Waals surface area contributed by atoms with Crippen LogP contribution in [0.2, 0.25) is 0 Å². The van der Waals surface area contributed by atoms with Gasteiger partial charge in [-0.05, 0) is 12.1 Å². The summed E-state index contributed by atoms with van der Waals surface area (Å²) >= 11 is 0. The molecule has 3 N–H and O–H groups in total. The molecule has 110 valence electrons. The number of amides is 2. The number of likely N-dealkylation sites (N-methyl/N-ethyl adjacent to an activating group) is 2. The smallest absolute Gasteiger partial charge is 0.365 e. The third-order valence-electron chi connectivity index (χ3n) is 2.45. The first-order valence-electron chi connectivity index (χ1n) is 5.46. The Kier molecular flexibility index (Phi) is 4.53. The molecule has 0 saturated carbocycles. The highest BCUT2D eigenvalue weighted by Crippen LogP contribution is 2.30. The van der Waals surface area contributed by atoms with Crippen LogP contribution in [-0.4, -0.2) is 37.4 Å². The van der Waals surface area contributed by atoms with Crippen molar-refractivity contribution >= 4 is 17.6 Å². The van der Waals surface area contributed by atoms with Crippen LogP contribution in [0.3, 0.4) is 0 Å². The number of aromatic nitrogens is 1. The van der Waals surface area contributed by atoms with E-state index in [1.165, 1.54) is 14.1 Å². The molecule has 0 unspecified atom stereocenters. The summed E-state index contributed by atoms with van der Waals surface area (Å²) < 4.78 is 37.8. The van der Waals surface area contributed by atoms with E-state index in [4.69, 9.17) is 5.73 Å². The van der Waals surface area contributed by atoms with Crippen molar-refractivity contribution in [2.75, 3.05) is 25.5 Å². The monoisotopic (exact) mass is 290 g/mol. The van der Waals surface area contributed by atoms with E-state index in [-0.39, 0.29) is 17.9 Å². The molecule has 0 aliphatic rings. The minimum Gasteiger partial charge on any atom is -0.365 e. The number of nitrogens with one attached hydrogen (secondary N) is 1. The van der Waals surface area contributed by atoms with Crippen molar-refractivity contribution in [2.45, 2.75) is 6.18 Å². The molecule has 0 bridgehead atoms. The van der Waals surface area contributed by atoms with Crippen molar-refractivity contribution in [3.8, 4) is 0 Å². The van der Waals surface area contributed by atoms with Gasteiger partial charge in [-0.25, -0.2) is 4.98 Å². The van der Waals surface area contributed by atoms with Gasteiger partial charge in [0.2, 0.25) is 5.91 Å². The van der Waals surface area contributed by atoms with Crippen molar-refractivity contribution in [3.05, 3.63) is 23.4 Å². The number of nitrogens with zero attached hydrogens (tertiary/aromatic N) is 2. The topological polar surface area (TPSA) is 88.3 Å². The quantitative estimate of drug-likeness (QED) is 0.839. The maximum absolute atomic E-state index is 12.6. The lowest BCUT2D eigenvalue weighted by atomic mass is 10.2. The number of nitrogens with two attached hydrogens (primary N) is 1. The Morgan fingerprint density at radius 2 is 2.00 bits per heavy atom. The molecule has 1 rings (SSSR count). The van der Waals surface area contributed by atoms with E-state index in [2.05, 4.69) is 10.3 Å². The lowest BCUT2D eigenvalue weighted by molar-refractivity contribution is -0.141. The number of alkyl halides is 3. The van der Waals surface area contributed by atoms with Gasteiger partial charge < -0.3 is 16.0 Å². The molecule has 1 aromatic heterocycles. The number of hydrogen-bond donors (Lipinski definition) is 2. The number of hydrogen-bond acceptors (Lipinski definition) is 4. The Balaban J connectivity index is 3.25. The van der Waals surface area contributed by atoms with Gasteiger partial charge in [-0.15, -0.1) is 0 Å². The van der Waals surface area contributed by atoms with Gasteiger partial charge in [0.25, 0.3) is 5.91 Å². The van der Waals surface area contributed by atoms with Crippen LogP contribution in [0.4, 0.5) is 19.0 Å². The van der Waals surface area contributed by atoms with E-state index in [1.807, 2.05) is 0 Å². The van der Waals surface area contributed by atoms with Gasteiger partial charge in [-0.1, -0.05) is 0 Å². The standard InChI is InChI=1S/C11H13F3N4O2/c1-16-8(19)5-18(2)10-6(9(15)20)3-4-7(17-10)11(12,13)14/h3-4H,5H2,1-2H3,(H2,15,20)(H,16,19). The largest absolute Gasteiger partial charge is 0.433 e. The van der Waals surface area contributed by atoms with Crippen molar-refractivity contribution in [3.63, 3.8) is 0 Å². The fourth-order valence-corrected chi connectivity index (χ4v) is 1.46. The fraction of sp³-hybridized carbons (Fsp3) is 0.364. The van der Waals surface area contributed by atoms with E-state index in [0.29, 0.717) is 6.07 Å². The third-order valence-corrected chi connectivity index (χ3v) is 2.45.